The van der Waals surface area contributed by atoms with Crippen molar-refractivity contribution in [1.82, 2.24) is 9.88 Å². The van der Waals surface area contributed by atoms with Crippen LogP contribution in [-0.4, -0.2) is 47.3 Å². The van der Waals surface area contributed by atoms with Crippen molar-refractivity contribution in [3.05, 3.63) is 70.1 Å². The van der Waals surface area contributed by atoms with Crippen LogP contribution in [0.2, 0.25) is 0 Å². The van der Waals surface area contributed by atoms with Crippen molar-refractivity contribution < 1.29 is 9.84 Å². The number of aliphatic hydroxyl groups excluding tert-OH is 1. The molecule has 1 fully saturated rings. The third-order valence-corrected chi connectivity index (χ3v) is 5.45. The molecule has 0 aliphatic carbocycles. The fraction of sp³-hybridized carbons (Fsp3) is 0.348. The van der Waals surface area contributed by atoms with Gasteiger partial charge < -0.3 is 20.1 Å². The number of aryl methyl sites for hydroxylation is 1. The monoisotopic (exact) mass is 393 g/mol. The molecule has 2 heterocycles. The predicted octanol–water partition coefficient (Wildman–Crippen LogP) is 2.89. The highest BCUT2D eigenvalue weighted by Crippen LogP contribution is 2.25. The van der Waals surface area contributed by atoms with Gasteiger partial charge in [-0.05, 0) is 48.7 Å². The first-order valence-corrected chi connectivity index (χ1v) is 10.1. The van der Waals surface area contributed by atoms with Crippen molar-refractivity contribution in [3.63, 3.8) is 0 Å². The van der Waals surface area contributed by atoms with Crippen LogP contribution in [0.25, 0.3) is 10.8 Å². The number of nitrogens with one attached hydrogen (secondary N) is 2. The van der Waals surface area contributed by atoms with E-state index >= 15 is 0 Å². The van der Waals surface area contributed by atoms with E-state index in [0.717, 1.165) is 48.4 Å². The van der Waals surface area contributed by atoms with Gasteiger partial charge in [0, 0.05) is 48.3 Å². The van der Waals surface area contributed by atoms with Crippen LogP contribution in [0.1, 0.15) is 17.5 Å². The Morgan fingerprint density at radius 3 is 3.00 bits per heavy atom. The number of H-pyrrole nitrogens is 1. The molecule has 0 amide bonds. The van der Waals surface area contributed by atoms with E-state index < -0.39 is 0 Å². The Labute approximate surface area is 170 Å². The summed E-state index contributed by atoms with van der Waals surface area (Å²) in [6, 6.07) is 14.4. The van der Waals surface area contributed by atoms with Crippen LogP contribution in [0, 0.1) is 6.92 Å². The number of aliphatic hydroxyl groups is 1. The number of aromatic nitrogens is 1. The van der Waals surface area contributed by atoms with E-state index in [2.05, 4.69) is 33.4 Å². The molecule has 1 aromatic heterocycles. The van der Waals surface area contributed by atoms with Crippen LogP contribution >= 0.6 is 0 Å². The lowest BCUT2D eigenvalue weighted by Gasteiger charge is -2.19. The normalized spacial score (nSPS) is 17.0. The maximum absolute atomic E-state index is 12.0. The number of aromatic amines is 1. The largest absolute Gasteiger partial charge is 0.491 e. The third-order valence-electron chi connectivity index (χ3n) is 5.45. The van der Waals surface area contributed by atoms with E-state index in [-0.39, 0.29) is 12.2 Å². The van der Waals surface area contributed by atoms with Gasteiger partial charge in [-0.3, -0.25) is 9.69 Å². The summed E-state index contributed by atoms with van der Waals surface area (Å²) in [7, 11) is 0. The van der Waals surface area contributed by atoms with Gasteiger partial charge >= 0.3 is 0 Å². The summed E-state index contributed by atoms with van der Waals surface area (Å²) in [5.74, 6) is 0.839. The number of anilines is 1. The number of likely N-dealkylation sites (tertiary alicyclic amines) is 1. The first kappa shape index (κ1) is 19.5. The number of hydrogen-bond acceptors (Lipinski definition) is 5. The van der Waals surface area contributed by atoms with Crippen LogP contribution in [0.15, 0.2) is 53.5 Å². The Kier molecular flexibility index (Phi) is 5.83. The fourth-order valence-corrected chi connectivity index (χ4v) is 3.97. The van der Waals surface area contributed by atoms with Crippen LogP contribution in [0.4, 0.5) is 5.69 Å². The van der Waals surface area contributed by atoms with Crippen molar-refractivity contribution in [2.75, 3.05) is 31.6 Å². The molecule has 0 radical (unpaired) electrons. The predicted molar refractivity (Wildman–Crippen MR) is 116 cm³/mol. The minimum Gasteiger partial charge on any atom is -0.491 e. The molecule has 1 saturated heterocycles. The number of hydrogen-bond donors (Lipinski definition) is 3. The van der Waals surface area contributed by atoms with Gasteiger partial charge in [-0.1, -0.05) is 18.2 Å². The smallest absolute Gasteiger partial charge is 0.255 e. The molecule has 152 valence electrons. The second-order valence-corrected chi connectivity index (χ2v) is 7.61. The van der Waals surface area contributed by atoms with E-state index in [0.29, 0.717) is 18.0 Å². The molecule has 1 aliphatic heterocycles. The standard InChI is InChI=1S/C23H27N3O3/c1-16-5-6-17(13-22(16)29-12-11-27)14-26-10-8-18(15-26)25-21-4-2-3-20-19(21)7-9-24-23(20)28/h2-7,9,13,18,25,27H,8,10-12,14-15H2,1H3,(H,24,28). The molecule has 3 aromatic rings. The number of fused-ring (bicyclic) bond motifs is 1. The highest BCUT2D eigenvalue weighted by molar-refractivity contribution is 5.93. The minimum absolute atomic E-state index is 0.0170. The number of pyridine rings is 1. The molecule has 0 spiro atoms. The first-order valence-electron chi connectivity index (χ1n) is 10.1. The van der Waals surface area contributed by atoms with Gasteiger partial charge in [0.2, 0.25) is 0 Å². The Balaban J connectivity index is 1.41. The number of benzene rings is 2. The highest BCUT2D eigenvalue weighted by Gasteiger charge is 2.23. The van der Waals surface area contributed by atoms with Crippen molar-refractivity contribution in [1.29, 1.82) is 0 Å². The summed E-state index contributed by atoms with van der Waals surface area (Å²) in [4.78, 5) is 17.2. The highest BCUT2D eigenvalue weighted by atomic mass is 16.5. The van der Waals surface area contributed by atoms with Crippen LogP contribution in [-0.2, 0) is 6.54 Å². The summed E-state index contributed by atoms with van der Waals surface area (Å²) in [6.45, 7) is 5.17. The summed E-state index contributed by atoms with van der Waals surface area (Å²) >= 11 is 0. The SMILES string of the molecule is Cc1ccc(CN2CCC(Nc3cccc4c(=O)[nH]ccc34)C2)cc1OCCO. The second-order valence-electron chi connectivity index (χ2n) is 7.61. The molecule has 1 unspecified atom stereocenters. The van der Waals surface area contributed by atoms with Crippen LogP contribution in [0.3, 0.4) is 0 Å². The van der Waals surface area contributed by atoms with Crippen molar-refractivity contribution in [2.24, 2.45) is 0 Å². The number of nitrogens with zero attached hydrogens (tertiary/aromatic N) is 1. The van der Waals surface area contributed by atoms with E-state index in [1.807, 2.05) is 31.2 Å². The molecule has 6 nitrogen and oxygen atoms in total. The molecule has 4 rings (SSSR count). The zero-order chi connectivity index (χ0) is 20.2. The van der Waals surface area contributed by atoms with E-state index in [9.17, 15) is 4.79 Å². The summed E-state index contributed by atoms with van der Waals surface area (Å²) in [5, 5.41) is 14.3. The first-order chi connectivity index (χ1) is 14.1. The molecule has 0 saturated carbocycles. The lowest BCUT2D eigenvalue weighted by Crippen LogP contribution is -2.26. The van der Waals surface area contributed by atoms with Crippen molar-refractivity contribution in [3.8, 4) is 5.75 Å². The second kappa shape index (κ2) is 8.68. The molecule has 6 heteroatoms. The Bertz CT molecular complexity index is 1050. The lowest BCUT2D eigenvalue weighted by molar-refractivity contribution is 0.200. The Morgan fingerprint density at radius 1 is 1.24 bits per heavy atom. The zero-order valence-corrected chi connectivity index (χ0v) is 16.6. The third kappa shape index (κ3) is 4.44. The van der Waals surface area contributed by atoms with Gasteiger partial charge in [-0.2, -0.15) is 0 Å². The van der Waals surface area contributed by atoms with Crippen molar-refractivity contribution >= 4 is 16.5 Å². The molecule has 3 N–H and O–H groups in total. The van der Waals surface area contributed by atoms with Gasteiger partial charge in [-0.15, -0.1) is 0 Å². The molecular weight excluding hydrogens is 366 g/mol. The van der Waals surface area contributed by atoms with Crippen LogP contribution < -0.4 is 15.6 Å². The fourth-order valence-electron chi connectivity index (χ4n) is 3.97. The molecule has 1 atom stereocenters. The quantitative estimate of drug-likeness (QED) is 0.575. The Morgan fingerprint density at radius 2 is 2.14 bits per heavy atom. The topological polar surface area (TPSA) is 77.6 Å². The van der Waals surface area contributed by atoms with Gasteiger partial charge in [0.05, 0.1) is 6.61 Å². The minimum atomic E-state index is -0.0576. The number of ether oxygens (including phenoxy) is 1. The van der Waals surface area contributed by atoms with Gasteiger partial charge in [0.15, 0.2) is 0 Å². The van der Waals surface area contributed by atoms with E-state index in [1.54, 1.807) is 6.20 Å². The molecular formula is C23H27N3O3. The zero-order valence-electron chi connectivity index (χ0n) is 16.6. The lowest BCUT2D eigenvalue weighted by atomic mass is 10.1. The summed E-state index contributed by atoms with van der Waals surface area (Å²) in [6.07, 6.45) is 2.75. The maximum Gasteiger partial charge on any atom is 0.255 e. The van der Waals surface area contributed by atoms with Gasteiger partial charge in [-0.25, -0.2) is 0 Å². The molecule has 2 aromatic carbocycles. The van der Waals surface area contributed by atoms with E-state index in [4.69, 9.17) is 9.84 Å². The average Bonchev–Trinajstić information content (AvgIpc) is 3.16. The van der Waals surface area contributed by atoms with Gasteiger partial charge in [0.25, 0.3) is 5.56 Å². The Hall–Kier alpha value is -2.83. The van der Waals surface area contributed by atoms with E-state index in [1.165, 1.54) is 5.56 Å². The molecule has 0 bridgehead atoms. The average molecular weight is 393 g/mol. The van der Waals surface area contributed by atoms with Crippen molar-refractivity contribution in [2.45, 2.75) is 25.9 Å². The van der Waals surface area contributed by atoms with Crippen LogP contribution in [0.5, 0.6) is 5.75 Å². The summed E-state index contributed by atoms with van der Waals surface area (Å²) < 4.78 is 5.63. The van der Waals surface area contributed by atoms with Gasteiger partial charge in [0.1, 0.15) is 12.4 Å². The molecule has 1 aliphatic rings. The summed E-state index contributed by atoms with van der Waals surface area (Å²) in [5.41, 5.74) is 3.24. The number of rotatable bonds is 7. The molecule has 29 heavy (non-hydrogen) atoms. The maximum atomic E-state index is 12.0.